The van der Waals surface area contributed by atoms with Crippen LogP contribution >= 0.6 is 8.07 Å². The van der Waals surface area contributed by atoms with E-state index in [0.717, 1.165) is 22.5 Å². The van der Waals surface area contributed by atoms with Crippen molar-refractivity contribution in [3.63, 3.8) is 0 Å². The molecule has 180 valence electrons. The molecule has 2 atom stereocenters. The molecule has 0 saturated carbocycles. The Kier molecular flexibility index (Phi) is 7.35. The summed E-state index contributed by atoms with van der Waals surface area (Å²) in [5.41, 5.74) is 3.62. The van der Waals surface area contributed by atoms with Crippen molar-refractivity contribution in [1.82, 2.24) is 4.78 Å². The quantitative estimate of drug-likeness (QED) is 0.233. The summed E-state index contributed by atoms with van der Waals surface area (Å²) in [6.45, 7) is 21.8. The van der Waals surface area contributed by atoms with Crippen LogP contribution in [0, 0.1) is 5.41 Å². The number of nitrogens with zero attached hydrogens (tertiary/aromatic N) is 4. The number of rotatable bonds is 6. The summed E-state index contributed by atoms with van der Waals surface area (Å²) in [7, 11) is -3.45. The van der Waals surface area contributed by atoms with E-state index in [4.69, 9.17) is 14.6 Å². The van der Waals surface area contributed by atoms with Crippen molar-refractivity contribution >= 4 is 28.0 Å². The molecule has 0 bridgehead atoms. The van der Waals surface area contributed by atoms with Gasteiger partial charge in [0.2, 0.25) is 5.91 Å². The van der Waals surface area contributed by atoms with Gasteiger partial charge >= 0.3 is 0 Å². The van der Waals surface area contributed by atoms with E-state index in [2.05, 4.69) is 67.4 Å². The van der Waals surface area contributed by atoms with E-state index in [1.165, 1.54) is 0 Å². The molecular weight excluding hydrogens is 447 g/mol. The molecule has 0 spiro atoms. The van der Waals surface area contributed by atoms with Crippen LogP contribution in [-0.4, -0.2) is 30.5 Å². The molecule has 1 aromatic rings. The van der Waals surface area contributed by atoms with Gasteiger partial charge < -0.3 is 4.43 Å². The summed E-state index contributed by atoms with van der Waals surface area (Å²) >= 11 is 0. The number of amides is 1. The molecule has 1 amide bonds. The zero-order chi connectivity index (χ0) is 24.7. The van der Waals surface area contributed by atoms with Crippen molar-refractivity contribution in [3.8, 4) is 0 Å². The largest absolute Gasteiger partial charge is 0.544 e. The highest BCUT2D eigenvalue weighted by atomic mass is 31.1. The van der Waals surface area contributed by atoms with Gasteiger partial charge in [-0.1, -0.05) is 92.6 Å². The number of allylic oxidation sites excluding steroid dienone is 1. The molecule has 1 aromatic carbocycles. The van der Waals surface area contributed by atoms with Crippen molar-refractivity contribution in [2.45, 2.75) is 91.6 Å². The van der Waals surface area contributed by atoms with Gasteiger partial charge in [-0.25, -0.2) is 4.78 Å². The highest BCUT2D eigenvalue weighted by Crippen LogP contribution is 2.65. The van der Waals surface area contributed by atoms with Gasteiger partial charge in [-0.2, -0.15) is 10.2 Å². The SMILES string of the molecule is CC(=O)N1N=C(c2ccccc2)C2N=N/C(=C(\O[Si](C(C)C)(C(C)C)C(C)C)C(C)(C)C)P21. The van der Waals surface area contributed by atoms with E-state index in [-0.39, 0.29) is 17.1 Å². The van der Waals surface area contributed by atoms with Crippen LogP contribution in [0.3, 0.4) is 0 Å². The third kappa shape index (κ3) is 4.59. The molecule has 0 N–H and O–H groups in total. The molecule has 2 heterocycles. The smallest absolute Gasteiger partial charge is 0.258 e. The molecule has 0 radical (unpaired) electrons. The first-order valence-corrected chi connectivity index (χ1v) is 15.4. The minimum Gasteiger partial charge on any atom is -0.544 e. The maximum atomic E-state index is 12.7. The minimum atomic E-state index is -2.23. The van der Waals surface area contributed by atoms with Crippen molar-refractivity contribution in [1.29, 1.82) is 0 Å². The predicted octanol–water partition coefficient (Wildman–Crippen LogP) is 7.85. The molecule has 2 aliphatic heterocycles. The third-order valence-electron chi connectivity index (χ3n) is 6.58. The number of benzene rings is 1. The Hall–Kier alpha value is -1.85. The highest BCUT2D eigenvalue weighted by molar-refractivity contribution is 7.62. The fourth-order valence-electron chi connectivity index (χ4n) is 5.14. The summed E-state index contributed by atoms with van der Waals surface area (Å²) in [6, 6.07) is 9.98. The zero-order valence-electron chi connectivity index (χ0n) is 21.7. The molecule has 0 aliphatic carbocycles. The molecule has 3 rings (SSSR count). The highest BCUT2D eigenvalue weighted by Gasteiger charge is 2.53. The number of azo groups is 1. The Labute approximate surface area is 201 Å². The van der Waals surface area contributed by atoms with Gasteiger partial charge in [-0.05, 0) is 16.6 Å². The van der Waals surface area contributed by atoms with Gasteiger partial charge in [0.05, 0.1) is 0 Å². The maximum Gasteiger partial charge on any atom is 0.258 e. The van der Waals surface area contributed by atoms with Crippen molar-refractivity contribution in [2.24, 2.45) is 20.7 Å². The Morgan fingerprint density at radius 2 is 1.58 bits per heavy atom. The Morgan fingerprint density at radius 3 is 2.03 bits per heavy atom. The zero-order valence-corrected chi connectivity index (χ0v) is 23.6. The number of fused-ring (bicyclic) bond motifs is 1. The summed E-state index contributed by atoms with van der Waals surface area (Å²) < 4.78 is 8.86. The first-order chi connectivity index (χ1) is 15.3. The van der Waals surface area contributed by atoms with Crippen LogP contribution in [0.5, 0.6) is 0 Å². The second-order valence-corrected chi connectivity index (χ2v) is 18.3. The van der Waals surface area contributed by atoms with Crippen LogP contribution in [0.4, 0.5) is 0 Å². The predicted molar refractivity (Wildman–Crippen MR) is 140 cm³/mol. The molecular formula is C25H39N4O2PSi. The van der Waals surface area contributed by atoms with Gasteiger partial charge in [-0.3, -0.25) is 4.79 Å². The van der Waals surface area contributed by atoms with Gasteiger partial charge in [0.25, 0.3) is 8.32 Å². The van der Waals surface area contributed by atoms with Crippen LogP contribution in [0.15, 0.2) is 56.9 Å². The Bertz CT molecular complexity index is 958. The molecule has 0 aromatic heterocycles. The van der Waals surface area contributed by atoms with Crippen molar-refractivity contribution in [3.05, 3.63) is 47.1 Å². The minimum absolute atomic E-state index is 0.0878. The first-order valence-electron chi connectivity index (χ1n) is 11.9. The molecule has 0 saturated heterocycles. The molecule has 33 heavy (non-hydrogen) atoms. The maximum absolute atomic E-state index is 12.7. The molecule has 6 nitrogen and oxygen atoms in total. The topological polar surface area (TPSA) is 66.6 Å². The van der Waals surface area contributed by atoms with Gasteiger partial charge in [0.15, 0.2) is 5.78 Å². The fourth-order valence-corrected chi connectivity index (χ4v) is 13.1. The summed E-state index contributed by atoms with van der Waals surface area (Å²) in [5.74, 6) is 0.545. The first kappa shape index (κ1) is 25.8. The van der Waals surface area contributed by atoms with Gasteiger partial charge in [0.1, 0.15) is 25.0 Å². The van der Waals surface area contributed by atoms with Crippen molar-refractivity contribution in [2.75, 3.05) is 0 Å². The lowest BCUT2D eigenvalue weighted by atomic mass is 9.94. The average Bonchev–Trinajstić information content (AvgIpc) is 3.28. The monoisotopic (exact) mass is 486 g/mol. The molecule has 0 fully saturated rings. The fraction of sp³-hybridized carbons (Fsp3) is 0.600. The van der Waals surface area contributed by atoms with E-state index in [9.17, 15) is 4.79 Å². The summed E-state index contributed by atoms with van der Waals surface area (Å²) in [4.78, 5) is 12.7. The number of carbonyl (C=O) groups is 1. The normalized spacial score (nSPS) is 22.3. The Balaban J connectivity index is 2.16. The second kappa shape index (κ2) is 9.42. The van der Waals surface area contributed by atoms with Crippen LogP contribution < -0.4 is 0 Å². The lowest BCUT2D eigenvalue weighted by Gasteiger charge is -2.45. The average molecular weight is 487 g/mol. The van der Waals surface area contributed by atoms with Crippen LogP contribution in [0.2, 0.25) is 16.6 Å². The summed E-state index contributed by atoms with van der Waals surface area (Å²) in [6.07, 6.45) is 0. The number of hydrogen-bond donors (Lipinski definition) is 0. The summed E-state index contributed by atoms with van der Waals surface area (Å²) in [5, 5.41) is 14.1. The van der Waals surface area contributed by atoms with Crippen LogP contribution in [-0.2, 0) is 9.22 Å². The van der Waals surface area contributed by atoms with Crippen LogP contribution in [0.25, 0.3) is 0 Å². The molecule has 8 heteroatoms. The van der Waals surface area contributed by atoms with E-state index < -0.39 is 16.4 Å². The van der Waals surface area contributed by atoms with Crippen molar-refractivity contribution < 1.29 is 9.22 Å². The van der Waals surface area contributed by atoms with E-state index in [1.54, 1.807) is 11.7 Å². The van der Waals surface area contributed by atoms with Crippen LogP contribution in [0.1, 0.15) is 74.8 Å². The van der Waals surface area contributed by atoms with E-state index >= 15 is 0 Å². The van der Waals surface area contributed by atoms with E-state index in [1.807, 2.05) is 30.3 Å². The number of hydrogen-bond acceptors (Lipinski definition) is 5. The number of hydrazone groups is 1. The lowest BCUT2D eigenvalue weighted by molar-refractivity contribution is -0.124. The van der Waals surface area contributed by atoms with Gasteiger partial charge in [0, 0.05) is 17.9 Å². The van der Waals surface area contributed by atoms with E-state index in [0.29, 0.717) is 16.6 Å². The Morgan fingerprint density at radius 1 is 1.03 bits per heavy atom. The second-order valence-electron chi connectivity index (χ2n) is 10.9. The molecule has 2 unspecified atom stereocenters. The standard InChI is InChI=1S/C25H39N4O2PSi/c1-16(2)33(17(3)4,18(5)6)31-22(25(8,9)10)24-27-26-23-21(20-14-12-11-13-15-20)28-29(19(7)30)32(23)24/h11-18,23H,1-10H3/b24-22+. The third-order valence-corrected chi connectivity index (χ3v) is 14.9. The lowest BCUT2D eigenvalue weighted by Crippen LogP contribution is -2.48. The molecule has 2 aliphatic rings. The van der Waals surface area contributed by atoms with Gasteiger partial charge in [-0.15, -0.1) is 5.11 Å². The number of carbonyl (C=O) groups excluding carboxylic acids is 1.